The summed E-state index contributed by atoms with van der Waals surface area (Å²) in [6.07, 6.45) is 10.6. The van der Waals surface area contributed by atoms with Gasteiger partial charge in [-0.25, -0.2) is 4.58 Å². The predicted octanol–water partition coefficient (Wildman–Crippen LogP) is 7.08. The highest BCUT2D eigenvalue weighted by atomic mass is 16.5. The fraction of sp³-hybridized carbons (Fsp3) is 0.100. The van der Waals surface area contributed by atoms with Gasteiger partial charge in [-0.1, -0.05) is 71.8 Å². The fourth-order valence-electron chi connectivity index (χ4n) is 4.05. The lowest BCUT2D eigenvalue weighted by Gasteiger charge is -2.18. The molecule has 2 aliphatic heterocycles. The van der Waals surface area contributed by atoms with Gasteiger partial charge in [0.2, 0.25) is 5.69 Å². The van der Waals surface area contributed by atoms with Crippen molar-refractivity contribution in [1.29, 1.82) is 0 Å². The van der Waals surface area contributed by atoms with Crippen LogP contribution in [0.15, 0.2) is 103 Å². The number of fused-ring (bicyclic) bond motifs is 1. The van der Waals surface area contributed by atoms with Gasteiger partial charge < -0.3 is 4.74 Å². The Morgan fingerprint density at radius 2 is 1.38 bits per heavy atom. The zero-order valence-corrected chi connectivity index (χ0v) is 18.7. The van der Waals surface area contributed by atoms with Crippen molar-refractivity contribution < 1.29 is 9.31 Å². The van der Waals surface area contributed by atoms with E-state index in [9.17, 15) is 0 Å². The van der Waals surface area contributed by atoms with Crippen molar-refractivity contribution in [2.45, 2.75) is 13.8 Å². The second kappa shape index (κ2) is 8.32. The number of aryl methyl sites for hydroxylation is 2. The maximum atomic E-state index is 6.34. The average molecular weight is 417 g/mol. The van der Waals surface area contributed by atoms with Crippen LogP contribution in [0, 0.1) is 13.8 Å². The minimum Gasteiger partial charge on any atom is -0.457 e. The van der Waals surface area contributed by atoms with Crippen LogP contribution in [0.5, 0.6) is 0 Å². The molecule has 2 nitrogen and oxygen atoms in total. The lowest BCUT2D eigenvalue weighted by Crippen LogP contribution is -1.99. The molecule has 0 fully saturated rings. The molecular formula is C30H26NO+. The fourth-order valence-corrected chi connectivity index (χ4v) is 4.05. The standard InChI is InChI=1S/C30H26NO/c1-21-8-12-23(13-9-21)26-18-27(32-30(19-26)24-14-10-22(2)11-15-24)17-16-25-20-31(3)29-7-5-4-6-28(25)29/h4-20H,1-3H3/q+1/b25-16+,27-17+. The van der Waals surface area contributed by atoms with Crippen molar-refractivity contribution in [3.63, 3.8) is 0 Å². The molecule has 0 unspecified atom stereocenters. The molecule has 2 heterocycles. The summed E-state index contributed by atoms with van der Waals surface area (Å²) in [6.45, 7) is 4.21. The van der Waals surface area contributed by atoms with Crippen molar-refractivity contribution in [2.75, 3.05) is 7.05 Å². The Morgan fingerprint density at radius 1 is 0.719 bits per heavy atom. The van der Waals surface area contributed by atoms with E-state index in [2.05, 4.69) is 129 Å². The zero-order valence-electron chi connectivity index (χ0n) is 18.7. The summed E-state index contributed by atoms with van der Waals surface area (Å²) in [5, 5.41) is 0. The van der Waals surface area contributed by atoms with Gasteiger partial charge >= 0.3 is 0 Å². The van der Waals surface area contributed by atoms with E-state index in [0.29, 0.717) is 0 Å². The first-order chi connectivity index (χ1) is 15.6. The quantitative estimate of drug-likeness (QED) is 0.415. The molecule has 0 N–H and O–H groups in total. The molecule has 0 bridgehead atoms. The Morgan fingerprint density at radius 3 is 2.09 bits per heavy atom. The van der Waals surface area contributed by atoms with E-state index in [1.807, 2.05) is 0 Å². The molecule has 5 rings (SSSR count). The molecule has 2 heteroatoms. The normalized spacial score (nSPS) is 17.5. The van der Waals surface area contributed by atoms with Gasteiger partial charge in [-0.05, 0) is 55.4 Å². The van der Waals surface area contributed by atoms with Crippen LogP contribution in [-0.4, -0.2) is 17.8 Å². The van der Waals surface area contributed by atoms with Gasteiger partial charge in [0, 0.05) is 11.6 Å². The van der Waals surface area contributed by atoms with Crippen LogP contribution in [0.3, 0.4) is 0 Å². The van der Waals surface area contributed by atoms with E-state index in [1.54, 1.807) is 0 Å². The first-order valence-electron chi connectivity index (χ1n) is 10.9. The van der Waals surface area contributed by atoms with Gasteiger partial charge in [-0.2, -0.15) is 0 Å². The Bertz CT molecular complexity index is 1330. The number of hydrogen-bond acceptors (Lipinski definition) is 1. The van der Waals surface area contributed by atoms with Crippen molar-refractivity contribution in [3.05, 3.63) is 131 Å². The molecule has 0 saturated carbocycles. The third-order valence-corrected chi connectivity index (χ3v) is 5.89. The number of nitrogens with zero attached hydrogens (tertiary/aromatic N) is 1. The molecule has 0 radical (unpaired) electrons. The van der Waals surface area contributed by atoms with Crippen LogP contribution in [0.2, 0.25) is 0 Å². The summed E-state index contributed by atoms with van der Waals surface area (Å²) >= 11 is 0. The Balaban J connectivity index is 1.55. The highest BCUT2D eigenvalue weighted by molar-refractivity contribution is 6.12. The molecule has 0 aliphatic carbocycles. The first-order valence-corrected chi connectivity index (χ1v) is 10.9. The Kier molecular flexibility index (Phi) is 5.20. The zero-order chi connectivity index (χ0) is 22.1. The number of ether oxygens (including phenoxy) is 1. The lowest BCUT2D eigenvalue weighted by atomic mass is 9.99. The smallest absolute Gasteiger partial charge is 0.213 e. The van der Waals surface area contributed by atoms with Gasteiger partial charge in [0.05, 0.1) is 11.1 Å². The van der Waals surface area contributed by atoms with Gasteiger partial charge in [0.15, 0.2) is 6.21 Å². The molecule has 0 saturated heterocycles. The molecule has 0 aromatic heterocycles. The van der Waals surface area contributed by atoms with Crippen LogP contribution in [0.25, 0.3) is 16.9 Å². The summed E-state index contributed by atoms with van der Waals surface area (Å²) < 4.78 is 8.50. The summed E-state index contributed by atoms with van der Waals surface area (Å²) in [4.78, 5) is 0. The van der Waals surface area contributed by atoms with Gasteiger partial charge in [0.25, 0.3) is 0 Å². The lowest BCUT2D eigenvalue weighted by molar-refractivity contribution is -0.395. The van der Waals surface area contributed by atoms with E-state index >= 15 is 0 Å². The average Bonchev–Trinajstić information content (AvgIpc) is 3.14. The molecule has 2 aliphatic rings. The summed E-state index contributed by atoms with van der Waals surface area (Å²) in [6, 6.07) is 25.6. The molecule has 0 amide bonds. The topological polar surface area (TPSA) is 12.2 Å². The molecule has 156 valence electrons. The Labute approximate surface area is 189 Å². The maximum Gasteiger partial charge on any atom is 0.213 e. The number of para-hydroxylation sites is 1. The third kappa shape index (κ3) is 4.00. The van der Waals surface area contributed by atoms with Crippen LogP contribution in [-0.2, 0) is 4.74 Å². The maximum absolute atomic E-state index is 6.34. The number of rotatable bonds is 3. The van der Waals surface area contributed by atoms with Crippen molar-refractivity contribution in [3.8, 4) is 0 Å². The van der Waals surface area contributed by atoms with E-state index in [1.165, 1.54) is 33.5 Å². The van der Waals surface area contributed by atoms with E-state index in [0.717, 1.165) is 22.7 Å². The third-order valence-electron chi connectivity index (χ3n) is 5.89. The minimum atomic E-state index is 0.826. The second-order valence-corrected chi connectivity index (χ2v) is 8.39. The van der Waals surface area contributed by atoms with Crippen molar-refractivity contribution in [1.82, 2.24) is 0 Å². The van der Waals surface area contributed by atoms with Crippen molar-refractivity contribution in [2.24, 2.45) is 0 Å². The minimum absolute atomic E-state index is 0.826. The molecule has 0 atom stereocenters. The molecule has 0 spiro atoms. The molecular weight excluding hydrogens is 390 g/mol. The van der Waals surface area contributed by atoms with Gasteiger partial charge in [-0.3, -0.25) is 0 Å². The van der Waals surface area contributed by atoms with E-state index in [-0.39, 0.29) is 0 Å². The molecule has 32 heavy (non-hydrogen) atoms. The summed E-state index contributed by atoms with van der Waals surface area (Å²) in [7, 11) is 2.08. The molecule has 3 aromatic rings. The summed E-state index contributed by atoms with van der Waals surface area (Å²) in [5.74, 6) is 1.69. The van der Waals surface area contributed by atoms with Crippen LogP contribution >= 0.6 is 0 Å². The van der Waals surface area contributed by atoms with Crippen LogP contribution < -0.4 is 0 Å². The summed E-state index contributed by atoms with van der Waals surface area (Å²) in [5.41, 5.74) is 9.52. The Hall–Kier alpha value is -3.91. The number of benzene rings is 3. The van der Waals surface area contributed by atoms with Crippen LogP contribution in [0.4, 0.5) is 5.69 Å². The van der Waals surface area contributed by atoms with E-state index in [4.69, 9.17) is 4.74 Å². The highest BCUT2D eigenvalue weighted by Gasteiger charge is 2.22. The molecule has 3 aromatic carbocycles. The SMILES string of the molecule is Cc1ccc(C2=C/C(=C\C=C3/C=[N+](C)c4ccccc43)OC(c3ccc(C)cc3)=C2)cc1. The highest BCUT2D eigenvalue weighted by Crippen LogP contribution is 2.33. The van der Waals surface area contributed by atoms with Gasteiger partial charge in [-0.15, -0.1) is 0 Å². The number of hydrogen-bond donors (Lipinski definition) is 0. The van der Waals surface area contributed by atoms with Crippen LogP contribution in [0.1, 0.15) is 27.8 Å². The first kappa shape index (κ1) is 20.0. The predicted molar refractivity (Wildman–Crippen MR) is 134 cm³/mol. The van der Waals surface area contributed by atoms with Gasteiger partial charge in [0.1, 0.15) is 18.6 Å². The largest absolute Gasteiger partial charge is 0.457 e. The van der Waals surface area contributed by atoms with Crippen molar-refractivity contribution >= 4 is 28.8 Å². The monoisotopic (exact) mass is 416 g/mol. The second-order valence-electron chi connectivity index (χ2n) is 8.39. The van der Waals surface area contributed by atoms with E-state index < -0.39 is 0 Å². The number of allylic oxidation sites excluding steroid dienone is 6.